The zero-order valence-corrected chi connectivity index (χ0v) is 21.1. The van der Waals surface area contributed by atoms with Crippen molar-refractivity contribution in [1.29, 1.82) is 5.26 Å². The van der Waals surface area contributed by atoms with E-state index in [1.165, 1.54) is 0 Å². The third-order valence-electron chi connectivity index (χ3n) is 4.64. The molecule has 0 amide bonds. The highest BCUT2D eigenvalue weighted by Gasteiger charge is 2.23. The van der Waals surface area contributed by atoms with Crippen LogP contribution in [-0.4, -0.2) is 29.6 Å². The van der Waals surface area contributed by atoms with E-state index < -0.39 is 7.14 Å². The van der Waals surface area contributed by atoms with Crippen molar-refractivity contribution in [3.8, 4) is 17.7 Å². The number of nitriles is 1. The van der Waals surface area contributed by atoms with E-state index >= 15 is 0 Å². The summed E-state index contributed by atoms with van der Waals surface area (Å²) in [6, 6.07) is 12.4. The van der Waals surface area contributed by atoms with Gasteiger partial charge in [-0.25, -0.2) is 4.85 Å². The van der Waals surface area contributed by atoms with Gasteiger partial charge in [0.2, 0.25) is 11.8 Å². The van der Waals surface area contributed by atoms with Gasteiger partial charge in [0.25, 0.3) is 0 Å². The van der Waals surface area contributed by atoms with Crippen LogP contribution in [0.4, 0.5) is 23.1 Å². The van der Waals surface area contributed by atoms with Gasteiger partial charge >= 0.3 is 0 Å². The highest BCUT2D eigenvalue weighted by Crippen LogP contribution is 2.42. The number of anilines is 3. The van der Waals surface area contributed by atoms with Crippen molar-refractivity contribution in [2.24, 2.45) is 0 Å². The number of ether oxygens (including phenoxy) is 1. The number of aryl methyl sites for hydroxylation is 2. The van der Waals surface area contributed by atoms with Crippen molar-refractivity contribution < 1.29 is 9.30 Å². The maximum absolute atomic E-state index is 12.7. The van der Waals surface area contributed by atoms with Gasteiger partial charge in [0.15, 0.2) is 5.69 Å². The van der Waals surface area contributed by atoms with Crippen molar-refractivity contribution in [1.82, 2.24) is 9.97 Å². The Balaban J connectivity index is 2.11. The molecule has 0 aliphatic heterocycles. The number of nitrogen functional groups attached to an aromatic ring is 1. The van der Waals surface area contributed by atoms with E-state index in [4.69, 9.17) is 22.3 Å². The molecule has 0 aliphatic carbocycles. The monoisotopic (exact) mass is 524 g/mol. The molecule has 2 aromatic carbocycles. The topological polar surface area (TPSA) is 109 Å². The van der Waals surface area contributed by atoms with Crippen LogP contribution in [-0.2, 0) is 4.57 Å². The van der Waals surface area contributed by atoms with Crippen LogP contribution in [0.2, 0.25) is 0 Å². The molecule has 0 atom stereocenters. The molecule has 0 saturated heterocycles. The number of nitrogens with two attached hydrogens (primary N) is 1. The summed E-state index contributed by atoms with van der Waals surface area (Å²) in [5.41, 5.74) is 9.42. The molecule has 8 nitrogen and oxygen atoms in total. The molecule has 10 heteroatoms. The molecule has 0 radical (unpaired) electrons. The number of halogens is 1. The van der Waals surface area contributed by atoms with Crippen molar-refractivity contribution in [2.75, 3.05) is 30.2 Å². The Labute approximate surface area is 201 Å². The molecular weight excluding hydrogens is 503 g/mol. The fourth-order valence-corrected chi connectivity index (χ4v) is 4.42. The third kappa shape index (κ3) is 5.70. The van der Waals surface area contributed by atoms with Crippen molar-refractivity contribution in [2.45, 2.75) is 13.8 Å². The number of rotatable bonds is 6. The lowest BCUT2D eigenvalue weighted by atomic mass is 10.1. The summed E-state index contributed by atoms with van der Waals surface area (Å²) in [6.45, 7) is 14.3. The van der Waals surface area contributed by atoms with E-state index in [1.807, 2.05) is 13.8 Å². The predicted octanol–water partition coefficient (Wildman–Crippen LogP) is 6.37. The van der Waals surface area contributed by atoms with E-state index in [0.717, 1.165) is 11.1 Å². The molecule has 0 unspecified atom stereocenters. The smallest absolute Gasteiger partial charge is 0.240 e. The molecular formula is C23H22BrN6O2P. The highest BCUT2D eigenvalue weighted by atomic mass is 79.9. The van der Waals surface area contributed by atoms with Crippen LogP contribution < -0.4 is 15.4 Å². The van der Waals surface area contributed by atoms with Crippen molar-refractivity contribution >= 4 is 46.2 Å². The molecule has 0 spiro atoms. The number of nitrogens with zero attached hydrogens (tertiary/aromatic N) is 5. The molecule has 0 aliphatic rings. The van der Waals surface area contributed by atoms with Crippen molar-refractivity contribution in [3.63, 3.8) is 0 Å². The predicted molar refractivity (Wildman–Crippen MR) is 134 cm³/mol. The summed E-state index contributed by atoms with van der Waals surface area (Å²) < 4.78 is 19.2. The second-order valence-electron chi connectivity index (χ2n) is 7.95. The zero-order valence-electron chi connectivity index (χ0n) is 18.6. The normalized spacial score (nSPS) is 10.9. The molecule has 0 saturated carbocycles. The second-order valence-corrected chi connectivity index (χ2v) is 12.2. The molecule has 0 bridgehead atoms. The first-order chi connectivity index (χ1) is 15.5. The van der Waals surface area contributed by atoms with Gasteiger partial charge in [-0.05, 0) is 90.6 Å². The fourth-order valence-electron chi connectivity index (χ4n) is 3.19. The van der Waals surface area contributed by atoms with E-state index in [9.17, 15) is 4.57 Å². The Morgan fingerprint density at radius 1 is 1.21 bits per heavy atom. The van der Waals surface area contributed by atoms with Gasteiger partial charge in [-0.2, -0.15) is 15.2 Å². The summed E-state index contributed by atoms with van der Waals surface area (Å²) in [7, 11) is -2.55. The first-order valence-electron chi connectivity index (χ1n) is 9.83. The fraction of sp³-hybridized carbons (Fsp3) is 0.217. The molecule has 0 fully saturated rings. The van der Waals surface area contributed by atoms with E-state index in [1.54, 1.807) is 54.6 Å². The number of hydrogen-bond acceptors (Lipinski definition) is 7. The van der Waals surface area contributed by atoms with Gasteiger partial charge in [-0.3, -0.25) is 0 Å². The van der Waals surface area contributed by atoms with Crippen molar-refractivity contribution in [3.05, 3.63) is 69.0 Å². The Hall–Kier alpha value is -3.39. The first-order valence-corrected chi connectivity index (χ1v) is 13.4. The van der Waals surface area contributed by atoms with Gasteiger partial charge < -0.3 is 19.9 Å². The summed E-state index contributed by atoms with van der Waals surface area (Å²) in [4.78, 5) is 14.1. The maximum Gasteiger partial charge on any atom is 0.240 e. The molecule has 33 heavy (non-hydrogen) atoms. The van der Waals surface area contributed by atoms with Gasteiger partial charge in [-0.15, -0.1) is 0 Å². The van der Waals surface area contributed by atoms with Crippen LogP contribution in [0, 0.1) is 31.8 Å². The van der Waals surface area contributed by atoms with Gasteiger partial charge in [-0.1, -0.05) is 0 Å². The Bertz CT molecular complexity index is 1320. The van der Waals surface area contributed by atoms with Crippen LogP contribution in [0.15, 0.2) is 40.9 Å². The van der Waals surface area contributed by atoms with E-state index in [-0.39, 0.29) is 23.9 Å². The molecule has 3 aromatic rings. The standard InChI is InChI=1S/C23H22BrN6O2P/c1-14-10-17(27-3)11-15(2)20(14)32-22-19(24)21(26)28-23(29-22)30(13-33(4,5)31)18-8-6-16(12-25)7-9-18/h6-11H,13H2,1-2,4-5H3,(H2,26,28,29). The summed E-state index contributed by atoms with van der Waals surface area (Å²) in [5.74, 6) is 1.13. The SMILES string of the molecule is [C-]#[N+]c1cc(C)c(Oc2nc(N(CP(C)(C)=O)c3ccc(C#N)cc3)nc(N)c2Br)c(C)c1. The molecule has 1 heterocycles. The minimum Gasteiger partial charge on any atom is -0.437 e. The first kappa shape index (κ1) is 24.3. The van der Waals surface area contributed by atoms with Crippen LogP contribution >= 0.6 is 23.1 Å². The summed E-state index contributed by atoms with van der Waals surface area (Å²) in [5, 5.41) is 9.10. The van der Waals surface area contributed by atoms with Crippen LogP contribution in [0.1, 0.15) is 16.7 Å². The second kappa shape index (κ2) is 9.62. The van der Waals surface area contributed by atoms with Gasteiger partial charge in [0.05, 0.1) is 24.5 Å². The Kier molecular flexibility index (Phi) is 7.07. The molecule has 1 aromatic heterocycles. The third-order valence-corrected chi connectivity index (χ3v) is 6.35. The van der Waals surface area contributed by atoms with E-state index in [2.05, 4.69) is 36.8 Å². The van der Waals surface area contributed by atoms with E-state index in [0.29, 0.717) is 27.2 Å². The van der Waals surface area contributed by atoms with Gasteiger partial charge in [0, 0.05) is 5.69 Å². The average Bonchev–Trinajstić information content (AvgIpc) is 2.76. The Morgan fingerprint density at radius 3 is 2.33 bits per heavy atom. The minimum absolute atomic E-state index is 0.156. The zero-order chi connectivity index (χ0) is 24.3. The quantitative estimate of drug-likeness (QED) is 0.294. The molecule has 168 valence electrons. The lowest BCUT2D eigenvalue weighted by Crippen LogP contribution is -2.21. The Morgan fingerprint density at radius 2 is 1.82 bits per heavy atom. The summed E-state index contributed by atoms with van der Waals surface area (Å²) in [6.07, 6.45) is 0.164. The highest BCUT2D eigenvalue weighted by molar-refractivity contribution is 9.10. The largest absolute Gasteiger partial charge is 0.437 e. The number of benzene rings is 2. The lowest BCUT2D eigenvalue weighted by molar-refractivity contribution is 0.452. The van der Waals surface area contributed by atoms with Crippen LogP contribution in [0.5, 0.6) is 11.6 Å². The molecule has 3 rings (SSSR count). The molecule has 2 N–H and O–H groups in total. The number of hydrogen-bond donors (Lipinski definition) is 1. The van der Waals surface area contributed by atoms with Gasteiger partial charge in [0.1, 0.15) is 23.2 Å². The maximum atomic E-state index is 12.7. The lowest BCUT2D eigenvalue weighted by Gasteiger charge is -2.25. The summed E-state index contributed by atoms with van der Waals surface area (Å²) >= 11 is 3.40. The number of aromatic nitrogens is 2. The van der Waals surface area contributed by atoms with Crippen LogP contribution in [0.3, 0.4) is 0 Å². The minimum atomic E-state index is -2.55. The van der Waals surface area contributed by atoms with Crippen LogP contribution in [0.25, 0.3) is 4.85 Å². The average molecular weight is 525 g/mol.